The Bertz CT molecular complexity index is 572. The molecule has 0 fully saturated rings. The van der Waals surface area contributed by atoms with Crippen molar-refractivity contribution in [3.63, 3.8) is 0 Å². The first-order chi connectivity index (χ1) is 9.08. The van der Waals surface area contributed by atoms with Gasteiger partial charge >= 0.3 is 0 Å². The fourth-order valence-electron chi connectivity index (χ4n) is 1.87. The van der Waals surface area contributed by atoms with Gasteiger partial charge in [-0.15, -0.1) is 0 Å². The van der Waals surface area contributed by atoms with Crippen molar-refractivity contribution in [2.45, 2.75) is 17.7 Å². The zero-order chi connectivity index (χ0) is 13.7. The van der Waals surface area contributed by atoms with Gasteiger partial charge in [0.2, 0.25) is 10.0 Å². The van der Waals surface area contributed by atoms with Gasteiger partial charge in [-0.2, -0.15) is 0 Å². The highest BCUT2D eigenvalue weighted by Crippen LogP contribution is 2.11. The molecular formula is C12H16FN3O2S. The summed E-state index contributed by atoms with van der Waals surface area (Å²) < 4.78 is 39.1. The molecule has 0 radical (unpaired) electrons. The minimum absolute atomic E-state index is 0.146. The Morgan fingerprint density at radius 2 is 2.26 bits per heavy atom. The summed E-state index contributed by atoms with van der Waals surface area (Å²) in [5, 5.41) is 3.19. The predicted octanol–water partition coefficient (Wildman–Crippen LogP) is 0.809. The summed E-state index contributed by atoms with van der Waals surface area (Å²) in [6, 6.07) is 0.957. The predicted molar refractivity (Wildman–Crippen MR) is 69.6 cm³/mol. The van der Waals surface area contributed by atoms with Crippen LogP contribution >= 0.6 is 0 Å². The van der Waals surface area contributed by atoms with Crippen LogP contribution in [0.5, 0.6) is 0 Å². The molecule has 2 heterocycles. The van der Waals surface area contributed by atoms with Gasteiger partial charge in [0, 0.05) is 19.3 Å². The molecule has 0 aliphatic carbocycles. The number of nitrogens with one attached hydrogen (secondary N) is 2. The normalized spacial score (nSPS) is 16.2. The van der Waals surface area contributed by atoms with Gasteiger partial charge < -0.3 is 5.32 Å². The van der Waals surface area contributed by atoms with E-state index >= 15 is 0 Å². The van der Waals surface area contributed by atoms with Gasteiger partial charge in [0.05, 0.1) is 6.20 Å². The lowest BCUT2D eigenvalue weighted by Crippen LogP contribution is -2.27. The summed E-state index contributed by atoms with van der Waals surface area (Å²) in [5.74, 6) is -0.663. The molecule has 0 amide bonds. The first-order valence-electron chi connectivity index (χ1n) is 6.07. The maximum absolute atomic E-state index is 12.9. The van der Waals surface area contributed by atoms with E-state index in [1.165, 1.54) is 5.57 Å². The molecule has 19 heavy (non-hydrogen) atoms. The molecule has 5 nitrogen and oxygen atoms in total. The molecule has 0 spiro atoms. The number of halogens is 1. The number of sulfonamides is 1. The molecule has 1 aromatic heterocycles. The molecule has 2 N–H and O–H groups in total. The van der Waals surface area contributed by atoms with E-state index in [9.17, 15) is 12.8 Å². The zero-order valence-electron chi connectivity index (χ0n) is 10.4. The van der Waals surface area contributed by atoms with Crippen LogP contribution in [0.15, 0.2) is 35.0 Å². The molecule has 1 aromatic rings. The van der Waals surface area contributed by atoms with Crippen molar-refractivity contribution in [2.24, 2.45) is 0 Å². The molecule has 0 saturated carbocycles. The van der Waals surface area contributed by atoms with Gasteiger partial charge in [-0.1, -0.05) is 11.6 Å². The van der Waals surface area contributed by atoms with Crippen molar-refractivity contribution in [1.82, 2.24) is 15.0 Å². The average Bonchev–Trinajstić information content (AvgIpc) is 2.40. The highest BCUT2D eigenvalue weighted by atomic mass is 32.2. The maximum Gasteiger partial charge on any atom is 0.242 e. The standard InChI is InChI=1S/C12H16FN3O2S/c13-11-7-12(9-15-8-11)19(17,18)16-6-3-10-1-4-14-5-2-10/h1,7-9,14,16H,2-6H2. The van der Waals surface area contributed by atoms with E-state index in [4.69, 9.17) is 0 Å². The Hall–Kier alpha value is -1.31. The topological polar surface area (TPSA) is 71.1 Å². The van der Waals surface area contributed by atoms with E-state index in [1.807, 2.05) is 0 Å². The molecule has 7 heteroatoms. The molecule has 0 aromatic carbocycles. The Morgan fingerprint density at radius 3 is 2.95 bits per heavy atom. The molecule has 0 bridgehead atoms. The molecule has 104 valence electrons. The lowest BCUT2D eigenvalue weighted by molar-refractivity contribution is 0.574. The summed E-state index contributed by atoms with van der Waals surface area (Å²) in [6.45, 7) is 2.06. The molecular weight excluding hydrogens is 269 g/mol. The van der Waals surface area contributed by atoms with Crippen LogP contribution in [0.2, 0.25) is 0 Å². The molecule has 1 aliphatic heterocycles. The first kappa shape index (κ1) is 14.1. The number of aromatic nitrogens is 1. The summed E-state index contributed by atoms with van der Waals surface area (Å²) in [7, 11) is -3.68. The number of pyridine rings is 1. The number of hydrogen-bond donors (Lipinski definition) is 2. The number of nitrogens with zero attached hydrogens (tertiary/aromatic N) is 1. The summed E-state index contributed by atoms with van der Waals surface area (Å²) in [6.07, 6.45) is 5.78. The molecule has 0 atom stereocenters. The lowest BCUT2D eigenvalue weighted by atomic mass is 10.1. The second kappa shape index (κ2) is 6.23. The minimum atomic E-state index is -3.68. The van der Waals surface area contributed by atoms with Crippen LogP contribution in [0.25, 0.3) is 0 Å². The van der Waals surface area contributed by atoms with Gasteiger partial charge in [-0.25, -0.2) is 17.5 Å². The molecule has 0 unspecified atom stereocenters. The van der Waals surface area contributed by atoms with Crippen molar-refractivity contribution >= 4 is 10.0 Å². The third kappa shape index (κ3) is 4.09. The van der Waals surface area contributed by atoms with Crippen molar-refractivity contribution in [2.75, 3.05) is 19.6 Å². The summed E-state index contributed by atoms with van der Waals surface area (Å²) >= 11 is 0. The van der Waals surface area contributed by atoms with Crippen LogP contribution in [-0.2, 0) is 10.0 Å². The van der Waals surface area contributed by atoms with E-state index < -0.39 is 15.8 Å². The second-order valence-electron chi connectivity index (χ2n) is 4.30. The van der Waals surface area contributed by atoms with Crippen molar-refractivity contribution in [1.29, 1.82) is 0 Å². The van der Waals surface area contributed by atoms with Gasteiger partial charge in [-0.3, -0.25) is 4.98 Å². The van der Waals surface area contributed by atoms with E-state index in [0.29, 0.717) is 13.0 Å². The van der Waals surface area contributed by atoms with Crippen LogP contribution < -0.4 is 10.0 Å². The monoisotopic (exact) mass is 285 g/mol. The summed E-state index contributed by atoms with van der Waals surface area (Å²) in [5.41, 5.74) is 1.24. The maximum atomic E-state index is 12.9. The highest BCUT2D eigenvalue weighted by molar-refractivity contribution is 7.89. The Kier molecular flexibility index (Phi) is 4.62. The fraction of sp³-hybridized carbons (Fsp3) is 0.417. The van der Waals surface area contributed by atoms with Crippen molar-refractivity contribution in [3.8, 4) is 0 Å². The number of hydrogen-bond acceptors (Lipinski definition) is 4. The van der Waals surface area contributed by atoms with Crippen molar-refractivity contribution in [3.05, 3.63) is 35.9 Å². The van der Waals surface area contributed by atoms with Gasteiger partial charge in [-0.05, 0) is 25.5 Å². The van der Waals surface area contributed by atoms with E-state index in [-0.39, 0.29) is 4.90 Å². The highest BCUT2D eigenvalue weighted by Gasteiger charge is 2.15. The van der Waals surface area contributed by atoms with Crippen LogP contribution in [0.1, 0.15) is 12.8 Å². The molecule has 2 rings (SSSR count). The zero-order valence-corrected chi connectivity index (χ0v) is 11.2. The fourth-order valence-corrected chi connectivity index (χ4v) is 2.87. The third-order valence-corrected chi connectivity index (χ3v) is 4.31. The van der Waals surface area contributed by atoms with Crippen LogP contribution in [0.3, 0.4) is 0 Å². The number of rotatable bonds is 5. The molecule has 0 saturated heterocycles. The largest absolute Gasteiger partial charge is 0.313 e. The minimum Gasteiger partial charge on any atom is -0.313 e. The summed E-state index contributed by atoms with van der Waals surface area (Å²) in [4.78, 5) is 3.39. The average molecular weight is 285 g/mol. The van der Waals surface area contributed by atoms with E-state index in [2.05, 4.69) is 21.1 Å². The van der Waals surface area contributed by atoms with Gasteiger partial charge in [0.25, 0.3) is 0 Å². The quantitative estimate of drug-likeness (QED) is 0.785. The van der Waals surface area contributed by atoms with E-state index in [0.717, 1.165) is 38.0 Å². The van der Waals surface area contributed by atoms with Crippen LogP contribution in [0, 0.1) is 5.82 Å². The first-order valence-corrected chi connectivity index (χ1v) is 7.55. The van der Waals surface area contributed by atoms with Crippen LogP contribution in [0.4, 0.5) is 4.39 Å². The van der Waals surface area contributed by atoms with Gasteiger partial charge in [0.15, 0.2) is 0 Å². The van der Waals surface area contributed by atoms with Crippen LogP contribution in [-0.4, -0.2) is 33.0 Å². The lowest BCUT2D eigenvalue weighted by Gasteiger charge is -2.14. The van der Waals surface area contributed by atoms with Gasteiger partial charge in [0.1, 0.15) is 10.7 Å². The SMILES string of the molecule is O=S(=O)(NCCC1=CCNCC1)c1cncc(F)c1. The van der Waals surface area contributed by atoms with E-state index in [1.54, 1.807) is 0 Å². The third-order valence-electron chi connectivity index (χ3n) is 2.89. The second-order valence-corrected chi connectivity index (χ2v) is 6.07. The Morgan fingerprint density at radius 1 is 1.42 bits per heavy atom. The Balaban J connectivity index is 1.92. The Labute approximate surface area is 112 Å². The molecule has 1 aliphatic rings. The smallest absolute Gasteiger partial charge is 0.242 e. The van der Waals surface area contributed by atoms with Crippen molar-refractivity contribution < 1.29 is 12.8 Å².